The average Bonchev–Trinajstić information content (AvgIpc) is 3.79. The van der Waals surface area contributed by atoms with Gasteiger partial charge in [0.15, 0.2) is 0 Å². The van der Waals surface area contributed by atoms with Crippen LogP contribution >= 0.6 is 0 Å². The van der Waals surface area contributed by atoms with Crippen LogP contribution < -0.4 is 9.47 Å². The van der Waals surface area contributed by atoms with E-state index in [-0.39, 0.29) is 35.6 Å². The molecule has 0 bridgehead atoms. The van der Waals surface area contributed by atoms with Crippen LogP contribution in [0.2, 0.25) is 0 Å². The topological polar surface area (TPSA) is 52.6 Å². The number of rotatable bonds is 6. The summed E-state index contributed by atoms with van der Waals surface area (Å²) in [5.74, 6) is 0.917. The van der Waals surface area contributed by atoms with Crippen LogP contribution in [0.1, 0.15) is 35.8 Å². The molecule has 2 saturated carbocycles. The van der Waals surface area contributed by atoms with Crippen molar-refractivity contribution in [1.29, 1.82) is 0 Å². The standard InChI is InChI=1S/C30H24O4/c31-29(26-17-24(26)19-8-3-1-4-9-19)33-22-14-15-23-21(16-22)12-7-13-28(23)34-30(32)27-18-25(27)20-10-5-2-6-11-20/h1-16,24-27H,17-18H2/t24-,25+,26-,27+/m0/s1. The molecule has 6 rings (SSSR count). The van der Waals surface area contributed by atoms with Gasteiger partial charge in [-0.2, -0.15) is 0 Å². The zero-order valence-corrected chi connectivity index (χ0v) is 18.6. The van der Waals surface area contributed by atoms with E-state index in [9.17, 15) is 9.59 Å². The molecule has 2 aliphatic rings. The highest BCUT2D eigenvalue weighted by atomic mass is 16.5. The molecular weight excluding hydrogens is 424 g/mol. The van der Waals surface area contributed by atoms with Crippen molar-refractivity contribution in [2.45, 2.75) is 24.7 Å². The number of carbonyl (C=O) groups excluding carboxylic acids is 2. The van der Waals surface area contributed by atoms with Crippen molar-refractivity contribution in [2.24, 2.45) is 11.8 Å². The normalized spacial score (nSPS) is 22.7. The maximum absolute atomic E-state index is 12.8. The predicted molar refractivity (Wildman–Crippen MR) is 130 cm³/mol. The quantitative estimate of drug-likeness (QED) is 0.258. The number of esters is 2. The number of benzene rings is 4. The van der Waals surface area contributed by atoms with Crippen molar-refractivity contribution >= 4 is 22.7 Å². The molecule has 4 aromatic rings. The fourth-order valence-corrected chi connectivity index (χ4v) is 4.81. The Hall–Kier alpha value is -3.92. The van der Waals surface area contributed by atoms with Crippen molar-refractivity contribution in [1.82, 2.24) is 0 Å². The van der Waals surface area contributed by atoms with E-state index in [1.54, 1.807) is 12.1 Å². The van der Waals surface area contributed by atoms with E-state index >= 15 is 0 Å². The molecule has 4 atom stereocenters. The van der Waals surface area contributed by atoms with E-state index in [0.717, 1.165) is 23.6 Å². The van der Waals surface area contributed by atoms with Gasteiger partial charge in [0, 0.05) is 5.39 Å². The monoisotopic (exact) mass is 448 g/mol. The van der Waals surface area contributed by atoms with Gasteiger partial charge in [-0.25, -0.2) is 0 Å². The molecule has 0 spiro atoms. The van der Waals surface area contributed by atoms with E-state index in [4.69, 9.17) is 9.47 Å². The Morgan fingerprint density at radius 3 is 1.82 bits per heavy atom. The molecule has 0 radical (unpaired) electrons. The number of hydrogen-bond acceptors (Lipinski definition) is 4. The van der Waals surface area contributed by atoms with Crippen molar-refractivity contribution in [3.63, 3.8) is 0 Å². The molecule has 4 heteroatoms. The van der Waals surface area contributed by atoms with Crippen LogP contribution in [0.15, 0.2) is 97.1 Å². The Morgan fingerprint density at radius 2 is 1.21 bits per heavy atom. The fraction of sp³-hybridized carbons (Fsp3) is 0.200. The average molecular weight is 449 g/mol. The summed E-state index contributed by atoms with van der Waals surface area (Å²) >= 11 is 0. The number of fused-ring (bicyclic) bond motifs is 1. The van der Waals surface area contributed by atoms with Crippen molar-refractivity contribution in [3.8, 4) is 11.5 Å². The summed E-state index contributed by atoms with van der Waals surface area (Å²) in [5.41, 5.74) is 2.36. The highest BCUT2D eigenvalue weighted by Gasteiger charge is 2.46. The smallest absolute Gasteiger partial charge is 0.314 e. The third-order valence-electron chi connectivity index (χ3n) is 6.88. The van der Waals surface area contributed by atoms with Crippen molar-refractivity contribution in [2.75, 3.05) is 0 Å². The lowest BCUT2D eigenvalue weighted by Crippen LogP contribution is -2.12. The second kappa shape index (κ2) is 8.45. The van der Waals surface area contributed by atoms with Crippen LogP contribution in [0.4, 0.5) is 0 Å². The summed E-state index contributed by atoms with van der Waals surface area (Å²) in [4.78, 5) is 25.4. The zero-order chi connectivity index (χ0) is 23.1. The number of ether oxygens (including phenoxy) is 2. The summed E-state index contributed by atoms with van der Waals surface area (Å²) in [6, 6.07) is 31.2. The first-order valence-corrected chi connectivity index (χ1v) is 11.7. The first kappa shape index (κ1) is 20.7. The summed E-state index contributed by atoms with van der Waals surface area (Å²) < 4.78 is 11.5. The van der Waals surface area contributed by atoms with E-state index in [1.165, 1.54) is 11.1 Å². The fourth-order valence-electron chi connectivity index (χ4n) is 4.81. The maximum Gasteiger partial charge on any atom is 0.314 e. The summed E-state index contributed by atoms with van der Waals surface area (Å²) in [6.07, 6.45) is 1.64. The van der Waals surface area contributed by atoms with Gasteiger partial charge in [-0.05, 0) is 65.5 Å². The Bertz CT molecular complexity index is 1360. The van der Waals surface area contributed by atoms with Gasteiger partial charge in [0.05, 0.1) is 11.8 Å². The van der Waals surface area contributed by atoms with E-state index in [0.29, 0.717) is 11.5 Å². The number of hydrogen-bond donors (Lipinski definition) is 0. The number of carbonyl (C=O) groups is 2. The van der Waals surface area contributed by atoms with Crippen LogP contribution in [-0.2, 0) is 9.59 Å². The van der Waals surface area contributed by atoms with Crippen LogP contribution in [-0.4, -0.2) is 11.9 Å². The summed E-state index contributed by atoms with van der Waals surface area (Å²) in [6.45, 7) is 0. The van der Waals surface area contributed by atoms with Gasteiger partial charge in [0.25, 0.3) is 0 Å². The molecule has 2 fully saturated rings. The van der Waals surface area contributed by atoms with Crippen LogP contribution in [0.25, 0.3) is 10.8 Å². The lowest BCUT2D eigenvalue weighted by atomic mass is 10.1. The molecule has 4 aromatic carbocycles. The molecular formula is C30H24O4. The first-order valence-electron chi connectivity index (χ1n) is 11.7. The molecule has 0 aliphatic heterocycles. The molecule has 0 saturated heterocycles. The highest BCUT2D eigenvalue weighted by Crippen LogP contribution is 2.49. The largest absolute Gasteiger partial charge is 0.426 e. The minimum absolute atomic E-state index is 0.0958. The Kier molecular flexibility index (Phi) is 5.14. The third kappa shape index (κ3) is 4.08. The predicted octanol–water partition coefficient (Wildman–Crippen LogP) is 6.26. The molecule has 0 amide bonds. The maximum atomic E-state index is 12.8. The molecule has 168 valence electrons. The molecule has 0 heterocycles. The van der Waals surface area contributed by atoms with Gasteiger partial charge in [0.1, 0.15) is 11.5 Å². The van der Waals surface area contributed by atoms with Gasteiger partial charge in [0.2, 0.25) is 0 Å². The van der Waals surface area contributed by atoms with Crippen LogP contribution in [0.5, 0.6) is 11.5 Å². The van der Waals surface area contributed by atoms with Gasteiger partial charge in [-0.15, -0.1) is 0 Å². The van der Waals surface area contributed by atoms with E-state index < -0.39 is 0 Å². The Labute approximate surface area is 198 Å². The Balaban J connectivity index is 1.13. The minimum atomic E-state index is -0.198. The third-order valence-corrected chi connectivity index (χ3v) is 6.88. The lowest BCUT2D eigenvalue weighted by molar-refractivity contribution is -0.136. The van der Waals surface area contributed by atoms with Crippen molar-refractivity contribution < 1.29 is 19.1 Å². The van der Waals surface area contributed by atoms with Gasteiger partial charge in [-0.3, -0.25) is 9.59 Å². The molecule has 34 heavy (non-hydrogen) atoms. The van der Waals surface area contributed by atoms with Gasteiger partial charge in [-0.1, -0.05) is 72.8 Å². The second-order valence-corrected chi connectivity index (χ2v) is 9.20. The molecule has 0 N–H and O–H groups in total. The second-order valence-electron chi connectivity index (χ2n) is 9.20. The lowest BCUT2D eigenvalue weighted by Gasteiger charge is -2.10. The molecule has 4 nitrogen and oxygen atoms in total. The van der Waals surface area contributed by atoms with E-state index in [2.05, 4.69) is 24.3 Å². The first-order chi connectivity index (χ1) is 16.7. The van der Waals surface area contributed by atoms with Gasteiger partial charge < -0.3 is 9.47 Å². The summed E-state index contributed by atoms with van der Waals surface area (Å²) in [5, 5.41) is 1.68. The molecule has 2 aliphatic carbocycles. The summed E-state index contributed by atoms with van der Waals surface area (Å²) in [7, 11) is 0. The van der Waals surface area contributed by atoms with E-state index in [1.807, 2.05) is 60.7 Å². The van der Waals surface area contributed by atoms with Gasteiger partial charge >= 0.3 is 11.9 Å². The molecule has 0 unspecified atom stereocenters. The molecule has 0 aromatic heterocycles. The minimum Gasteiger partial charge on any atom is -0.426 e. The van der Waals surface area contributed by atoms with Crippen LogP contribution in [0.3, 0.4) is 0 Å². The van der Waals surface area contributed by atoms with Crippen LogP contribution in [0, 0.1) is 11.8 Å². The Morgan fingerprint density at radius 1 is 0.618 bits per heavy atom. The van der Waals surface area contributed by atoms with Crippen molar-refractivity contribution in [3.05, 3.63) is 108 Å². The zero-order valence-electron chi connectivity index (χ0n) is 18.6. The highest BCUT2D eigenvalue weighted by molar-refractivity contribution is 5.92. The SMILES string of the molecule is O=C(Oc1ccc2c(OC(=O)[C@@H]3C[C@@H]3c3ccccc3)cccc2c1)[C@H]1C[C@H]1c1ccccc1.